The third-order valence-electron chi connectivity index (χ3n) is 11.8. The lowest BCUT2D eigenvalue weighted by Crippen LogP contribution is -2.62. The number of hydrogen-bond donors (Lipinski definition) is 2. The molecule has 4 aliphatic rings. The maximum atomic E-state index is 12.7. The van der Waals surface area contributed by atoms with Crippen molar-refractivity contribution in [3.63, 3.8) is 0 Å². The van der Waals surface area contributed by atoms with Gasteiger partial charge in [-0.2, -0.15) is 0 Å². The third-order valence-corrected chi connectivity index (χ3v) is 11.8. The molecule has 1 unspecified atom stereocenters. The zero-order valence-corrected chi connectivity index (χ0v) is 22.3. The lowest BCUT2D eigenvalue weighted by Gasteiger charge is -2.68. The van der Waals surface area contributed by atoms with Gasteiger partial charge in [0.15, 0.2) is 0 Å². The standard InChI is InChI=1S/C30H46O4/c1-19(2)20-10-13-29(7)23(27(20,5)12-11-24(31)32)9-8-21-22-18-26(3,4)14-16-30(22,25(33)34)17-15-28(21,29)6/h8,20,22-23H,1,9-18H2,2-7H3,(H,31,32)(H,33,34)/t20-,22?,23+,27-,28+,29+,30-/m0/s1. The molecule has 4 nitrogen and oxygen atoms in total. The van der Waals surface area contributed by atoms with Gasteiger partial charge in [0.25, 0.3) is 0 Å². The van der Waals surface area contributed by atoms with E-state index >= 15 is 0 Å². The fourth-order valence-corrected chi connectivity index (χ4v) is 9.53. The molecule has 7 atom stereocenters. The van der Waals surface area contributed by atoms with E-state index in [0.717, 1.165) is 51.4 Å². The quantitative estimate of drug-likeness (QED) is 0.408. The van der Waals surface area contributed by atoms with Crippen LogP contribution in [0, 0.1) is 44.8 Å². The van der Waals surface area contributed by atoms with E-state index in [-0.39, 0.29) is 34.0 Å². The largest absolute Gasteiger partial charge is 0.481 e. The van der Waals surface area contributed by atoms with Gasteiger partial charge in [-0.25, -0.2) is 0 Å². The number of carboxylic acids is 2. The highest BCUT2D eigenvalue weighted by molar-refractivity contribution is 5.76. The van der Waals surface area contributed by atoms with Gasteiger partial charge in [-0.05, 0) is 104 Å². The SMILES string of the molecule is C=C(C)[C@@H]1CC[C@]2(C)[C@H](CC=C3C4CC(C)(C)CC[C@]4(C(=O)O)CC[C@]32C)[C@@]1(C)CCC(=O)O. The number of rotatable bonds is 5. The first-order valence-electron chi connectivity index (χ1n) is 13.4. The number of carboxylic acid groups (broad SMARTS) is 2. The lowest BCUT2D eigenvalue weighted by molar-refractivity contribution is -0.172. The van der Waals surface area contributed by atoms with Crippen molar-refractivity contribution < 1.29 is 19.8 Å². The monoisotopic (exact) mass is 470 g/mol. The molecule has 0 spiro atoms. The Morgan fingerprint density at radius 1 is 1.03 bits per heavy atom. The summed E-state index contributed by atoms with van der Waals surface area (Å²) in [6, 6.07) is 0. The molecule has 0 amide bonds. The minimum Gasteiger partial charge on any atom is -0.481 e. The van der Waals surface area contributed by atoms with Crippen LogP contribution in [0.5, 0.6) is 0 Å². The maximum Gasteiger partial charge on any atom is 0.310 e. The summed E-state index contributed by atoms with van der Waals surface area (Å²) < 4.78 is 0. The van der Waals surface area contributed by atoms with E-state index in [1.165, 1.54) is 11.1 Å². The number of allylic oxidation sites excluding steroid dienone is 3. The van der Waals surface area contributed by atoms with E-state index in [1.807, 2.05) is 0 Å². The summed E-state index contributed by atoms with van der Waals surface area (Å²) >= 11 is 0. The van der Waals surface area contributed by atoms with Gasteiger partial charge < -0.3 is 10.2 Å². The topological polar surface area (TPSA) is 74.6 Å². The average Bonchev–Trinajstić information content (AvgIpc) is 2.72. The van der Waals surface area contributed by atoms with E-state index in [2.05, 4.69) is 54.2 Å². The summed E-state index contributed by atoms with van der Waals surface area (Å²) in [6.07, 6.45) is 10.8. The van der Waals surface area contributed by atoms with Gasteiger partial charge in [0.2, 0.25) is 0 Å². The molecule has 2 N–H and O–H groups in total. The summed E-state index contributed by atoms with van der Waals surface area (Å²) in [5, 5.41) is 20.0. The molecule has 4 aliphatic carbocycles. The number of fused-ring (bicyclic) bond motifs is 5. The van der Waals surface area contributed by atoms with E-state index in [9.17, 15) is 19.8 Å². The van der Waals surface area contributed by atoms with Crippen LogP contribution in [0.2, 0.25) is 0 Å². The van der Waals surface area contributed by atoms with Crippen molar-refractivity contribution in [1.82, 2.24) is 0 Å². The van der Waals surface area contributed by atoms with Gasteiger partial charge in [-0.3, -0.25) is 9.59 Å². The number of hydrogen-bond acceptors (Lipinski definition) is 2. The summed E-state index contributed by atoms with van der Waals surface area (Å²) in [5.41, 5.74) is 2.01. The molecular formula is C30H46O4. The Kier molecular flexibility index (Phi) is 5.98. The Bertz CT molecular complexity index is 930. The van der Waals surface area contributed by atoms with Gasteiger partial charge in [-0.15, -0.1) is 0 Å². The first-order valence-corrected chi connectivity index (χ1v) is 13.4. The van der Waals surface area contributed by atoms with E-state index in [1.54, 1.807) is 0 Å². The molecular weight excluding hydrogens is 424 g/mol. The Morgan fingerprint density at radius 2 is 1.68 bits per heavy atom. The molecule has 3 fully saturated rings. The van der Waals surface area contributed by atoms with Crippen LogP contribution in [0.4, 0.5) is 0 Å². The van der Waals surface area contributed by atoms with Crippen LogP contribution in [-0.4, -0.2) is 22.2 Å². The average molecular weight is 471 g/mol. The fourth-order valence-electron chi connectivity index (χ4n) is 9.53. The van der Waals surface area contributed by atoms with Gasteiger partial charge in [0.05, 0.1) is 5.41 Å². The summed E-state index contributed by atoms with van der Waals surface area (Å²) in [7, 11) is 0. The van der Waals surface area contributed by atoms with Crippen molar-refractivity contribution in [3.8, 4) is 0 Å². The van der Waals surface area contributed by atoms with Crippen LogP contribution in [0.1, 0.15) is 106 Å². The molecule has 0 radical (unpaired) electrons. The zero-order chi connectivity index (χ0) is 25.3. The summed E-state index contributed by atoms with van der Waals surface area (Å²) in [4.78, 5) is 24.4. The predicted octanol–water partition coefficient (Wildman–Crippen LogP) is 7.49. The number of carbonyl (C=O) groups is 2. The minimum atomic E-state index is -0.722. The molecule has 0 saturated heterocycles. The smallest absolute Gasteiger partial charge is 0.310 e. The number of aliphatic carboxylic acids is 2. The van der Waals surface area contributed by atoms with Crippen molar-refractivity contribution in [3.05, 3.63) is 23.8 Å². The summed E-state index contributed by atoms with van der Waals surface area (Å²) in [5.74, 6) is -0.508. The maximum absolute atomic E-state index is 12.7. The van der Waals surface area contributed by atoms with Crippen LogP contribution < -0.4 is 0 Å². The van der Waals surface area contributed by atoms with Crippen molar-refractivity contribution in [2.75, 3.05) is 0 Å². The highest BCUT2D eigenvalue weighted by Gasteiger charge is 2.67. The highest BCUT2D eigenvalue weighted by atomic mass is 16.4. The zero-order valence-electron chi connectivity index (χ0n) is 22.3. The fraction of sp³-hybridized carbons (Fsp3) is 0.800. The predicted molar refractivity (Wildman–Crippen MR) is 135 cm³/mol. The van der Waals surface area contributed by atoms with Crippen molar-refractivity contribution in [2.24, 2.45) is 44.8 Å². The lowest BCUT2D eigenvalue weighted by atomic mass is 9.35. The van der Waals surface area contributed by atoms with Gasteiger partial charge in [0.1, 0.15) is 0 Å². The molecule has 4 rings (SSSR count). The molecule has 3 saturated carbocycles. The first kappa shape index (κ1) is 25.5. The van der Waals surface area contributed by atoms with Crippen molar-refractivity contribution in [2.45, 2.75) is 106 Å². The second-order valence-corrected chi connectivity index (χ2v) is 13.9. The molecule has 0 aromatic rings. The Balaban J connectivity index is 1.82. The van der Waals surface area contributed by atoms with Crippen LogP contribution in [0.3, 0.4) is 0 Å². The molecule has 0 aliphatic heterocycles. The summed E-state index contributed by atoms with van der Waals surface area (Å²) in [6.45, 7) is 18.3. The molecule has 0 heterocycles. The van der Waals surface area contributed by atoms with Crippen LogP contribution in [0.15, 0.2) is 23.8 Å². The normalized spacial score (nSPS) is 45.2. The molecule has 0 bridgehead atoms. The second kappa shape index (κ2) is 7.96. The minimum absolute atomic E-state index is 0.0303. The molecule has 0 aromatic heterocycles. The third kappa shape index (κ3) is 3.45. The van der Waals surface area contributed by atoms with Crippen molar-refractivity contribution in [1.29, 1.82) is 0 Å². The molecule has 34 heavy (non-hydrogen) atoms. The molecule has 190 valence electrons. The Labute approximate surface area is 206 Å². The van der Waals surface area contributed by atoms with E-state index < -0.39 is 17.4 Å². The van der Waals surface area contributed by atoms with Gasteiger partial charge >= 0.3 is 11.9 Å². The first-order chi connectivity index (χ1) is 15.6. The Hall–Kier alpha value is -1.58. The molecule has 4 heteroatoms. The van der Waals surface area contributed by atoms with E-state index in [4.69, 9.17) is 0 Å². The van der Waals surface area contributed by atoms with Crippen LogP contribution in [0.25, 0.3) is 0 Å². The van der Waals surface area contributed by atoms with Crippen LogP contribution in [-0.2, 0) is 9.59 Å². The van der Waals surface area contributed by atoms with Gasteiger partial charge in [0, 0.05) is 6.42 Å². The second-order valence-electron chi connectivity index (χ2n) is 13.9. The highest BCUT2D eigenvalue weighted by Crippen LogP contribution is 2.74. The van der Waals surface area contributed by atoms with Gasteiger partial charge in [-0.1, -0.05) is 58.4 Å². The van der Waals surface area contributed by atoms with Crippen LogP contribution >= 0.6 is 0 Å². The van der Waals surface area contributed by atoms with Crippen molar-refractivity contribution >= 4 is 11.9 Å². The molecule has 0 aromatic carbocycles. The van der Waals surface area contributed by atoms with E-state index in [0.29, 0.717) is 18.3 Å². The Morgan fingerprint density at radius 3 is 2.26 bits per heavy atom.